The van der Waals surface area contributed by atoms with Gasteiger partial charge >= 0.3 is 0 Å². The third-order valence-corrected chi connectivity index (χ3v) is 3.75. The Morgan fingerprint density at radius 1 is 1.08 bits per heavy atom. The standard InChI is InChI=1S/C19H14N2O5/c22-16-7-8-17(19(24)12-16)18(23)9-6-13-5-2-10-20(13)14-3-1-4-15(11-14)21(25)26/h1-12,22,24H/b9-6+. The fourth-order valence-electron chi connectivity index (χ4n) is 2.50. The molecule has 0 fully saturated rings. The van der Waals surface area contributed by atoms with E-state index in [1.54, 1.807) is 41.1 Å². The van der Waals surface area contributed by atoms with E-state index in [1.165, 1.54) is 30.3 Å². The number of allylic oxidation sites excluding steroid dienone is 1. The van der Waals surface area contributed by atoms with Gasteiger partial charge in [0, 0.05) is 30.1 Å². The van der Waals surface area contributed by atoms with Crippen molar-refractivity contribution in [1.29, 1.82) is 0 Å². The second kappa shape index (κ2) is 6.94. The molecule has 3 rings (SSSR count). The van der Waals surface area contributed by atoms with Crippen LogP contribution < -0.4 is 0 Å². The summed E-state index contributed by atoms with van der Waals surface area (Å²) in [7, 11) is 0. The van der Waals surface area contributed by atoms with Crippen LogP contribution in [0.1, 0.15) is 16.1 Å². The molecule has 1 aromatic heterocycles. The van der Waals surface area contributed by atoms with Gasteiger partial charge in [0.1, 0.15) is 11.5 Å². The molecule has 7 heteroatoms. The topological polar surface area (TPSA) is 106 Å². The van der Waals surface area contributed by atoms with Crippen LogP contribution in [0.4, 0.5) is 5.69 Å². The first-order valence-corrected chi connectivity index (χ1v) is 7.62. The lowest BCUT2D eigenvalue weighted by atomic mass is 10.1. The van der Waals surface area contributed by atoms with Gasteiger partial charge in [0.05, 0.1) is 16.2 Å². The Bertz CT molecular complexity index is 1020. The van der Waals surface area contributed by atoms with Gasteiger partial charge in [-0.1, -0.05) is 6.07 Å². The number of carbonyl (C=O) groups is 1. The zero-order chi connectivity index (χ0) is 18.7. The van der Waals surface area contributed by atoms with Gasteiger partial charge in [-0.25, -0.2) is 0 Å². The summed E-state index contributed by atoms with van der Waals surface area (Å²) in [6.07, 6.45) is 4.56. The predicted octanol–water partition coefficient (Wildman–Crippen LogP) is 3.69. The van der Waals surface area contributed by atoms with E-state index in [-0.39, 0.29) is 22.7 Å². The number of aromatic hydroxyl groups is 2. The van der Waals surface area contributed by atoms with Gasteiger partial charge in [-0.3, -0.25) is 14.9 Å². The van der Waals surface area contributed by atoms with Crippen molar-refractivity contribution in [1.82, 2.24) is 4.57 Å². The number of non-ortho nitro benzene ring substituents is 1. The number of nitrogens with zero attached hydrogens (tertiary/aromatic N) is 2. The van der Waals surface area contributed by atoms with Crippen LogP contribution in [0.5, 0.6) is 11.5 Å². The van der Waals surface area contributed by atoms with Crippen molar-refractivity contribution < 1.29 is 19.9 Å². The predicted molar refractivity (Wildman–Crippen MR) is 95.6 cm³/mol. The summed E-state index contributed by atoms with van der Waals surface area (Å²) in [4.78, 5) is 22.7. The van der Waals surface area contributed by atoms with Gasteiger partial charge < -0.3 is 14.8 Å². The summed E-state index contributed by atoms with van der Waals surface area (Å²) in [6.45, 7) is 0. The first kappa shape index (κ1) is 17.0. The van der Waals surface area contributed by atoms with E-state index in [1.807, 2.05) is 0 Å². The minimum Gasteiger partial charge on any atom is -0.508 e. The van der Waals surface area contributed by atoms with Crippen molar-refractivity contribution >= 4 is 17.5 Å². The number of hydrogen-bond donors (Lipinski definition) is 2. The van der Waals surface area contributed by atoms with Crippen molar-refractivity contribution in [2.24, 2.45) is 0 Å². The zero-order valence-corrected chi connectivity index (χ0v) is 13.4. The maximum absolute atomic E-state index is 12.2. The second-order valence-corrected chi connectivity index (χ2v) is 5.48. The molecule has 0 bridgehead atoms. The van der Waals surface area contributed by atoms with Crippen LogP contribution in [-0.2, 0) is 0 Å². The Hall–Kier alpha value is -3.87. The van der Waals surface area contributed by atoms with Gasteiger partial charge in [-0.05, 0) is 42.5 Å². The lowest BCUT2D eigenvalue weighted by molar-refractivity contribution is -0.384. The maximum atomic E-state index is 12.2. The molecule has 0 aliphatic carbocycles. The molecule has 0 radical (unpaired) electrons. The van der Waals surface area contributed by atoms with E-state index in [9.17, 15) is 25.1 Å². The monoisotopic (exact) mass is 350 g/mol. The Balaban J connectivity index is 1.89. The number of phenols is 2. The number of rotatable bonds is 5. The van der Waals surface area contributed by atoms with Crippen molar-refractivity contribution in [3.05, 3.63) is 88.2 Å². The molecule has 0 spiro atoms. The summed E-state index contributed by atoms with van der Waals surface area (Å²) < 4.78 is 1.70. The molecule has 0 unspecified atom stereocenters. The van der Waals surface area contributed by atoms with Gasteiger partial charge in [0.15, 0.2) is 5.78 Å². The van der Waals surface area contributed by atoms with E-state index >= 15 is 0 Å². The molecule has 0 atom stereocenters. The Labute approximate surface area is 148 Å². The lowest BCUT2D eigenvalue weighted by Gasteiger charge is -2.06. The molecule has 0 aliphatic rings. The minimum absolute atomic E-state index is 0.0313. The molecule has 0 amide bonds. The lowest BCUT2D eigenvalue weighted by Crippen LogP contribution is -1.98. The number of ketones is 1. The Morgan fingerprint density at radius 2 is 1.88 bits per heavy atom. The molecule has 130 valence electrons. The SMILES string of the molecule is O=C(/C=C/c1cccn1-c1cccc([N+](=O)[O-])c1)c1ccc(O)cc1O. The summed E-state index contributed by atoms with van der Waals surface area (Å²) in [5, 5.41) is 30.0. The number of aromatic nitrogens is 1. The molecule has 1 heterocycles. The smallest absolute Gasteiger partial charge is 0.271 e. The number of nitro groups is 1. The molecule has 0 saturated heterocycles. The van der Waals surface area contributed by atoms with Gasteiger partial charge in [-0.2, -0.15) is 0 Å². The van der Waals surface area contributed by atoms with Crippen LogP contribution in [0.3, 0.4) is 0 Å². The largest absolute Gasteiger partial charge is 0.508 e. The Kier molecular flexibility index (Phi) is 4.53. The molecule has 26 heavy (non-hydrogen) atoms. The minimum atomic E-state index is -0.473. The molecule has 2 aromatic carbocycles. The fraction of sp³-hybridized carbons (Fsp3) is 0. The third-order valence-electron chi connectivity index (χ3n) is 3.75. The second-order valence-electron chi connectivity index (χ2n) is 5.48. The highest BCUT2D eigenvalue weighted by Crippen LogP contribution is 2.24. The molecule has 0 aliphatic heterocycles. The van der Waals surface area contributed by atoms with Crippen LogP contribution in [0.25, 0.3) is 11.8 Å². The zero-order valence-electron chi connectivity index (χ0n) is 13.4. The highest BCUT2D eigenvalue weighted by molar-refractivity contribution is 6.08. The molecule has 3 aromatic rings. The van der Waals surface area contributed by atoms with E-state index < -0.39 is 10.7 Å². The summed E-state index contributed by atoms with van der Waals surface area (Å²) in [5.41, 5.74) is 1.25. The maximum Gasteiger partial charge on any atom is 0.271 e. The Morgan fingerprint density at radius 3 is 2.62 bits per heavy atom. The van der Waals surface area contributed by atoms with Crippen LogP contribution in [-0.4, -0.2) is 25.5 Å². The number of phenolic OH excluding ortho intramolecular Hbond substituents is 2. The van der Waals surface area contributed by atoms with Crippen LogP contribution in [0, 0.1) is 10.1 Å². The quantitative estimate of drug-likeness (QED) is 0.316. The number of benzene rings is 2. The average Bonchev–Trinajstić information content (AvgIpc) is 3.08. The van der Waals surface area contributed by atoms with Crippen LogP contribution in [0.15, 0.2) is 66.9 Å². The molecular formula is C19H14N2O5. The average molecular weight is 350 g/mol. The first-order valence-electron chi connectivity index (χ1n) is 7.62. The number of nitro benzene ring substituents is 1. The van der Waals surface area contributed by atoms with Gasteiger partial charge in [-0.15, -0.1) is 0 Å². The molecule has 7 nitrogen and oxygen atoms in total. The number of carbonyl (C=O) groups excluding carboxylic acids is 1. The van der Waals surface area contributed by atoms with Crippen molar-refractivity contribution in [3.8, 4) is 17.2 Å². The van der Waals surface area contributed by atoms with Gasteiger partial charge in [0.25, 0.3) is 5.69 Å². The summed E-state index contributed by atoms with van der Waals surface area (Å²) in [6, 6.07) is 13.4. The highest BCUT2D eigenvalue weighted by Gasteiger charge is 2.10. The summed E-state index contributed by atoms with van der Waals surface area (Å²) >= 11 is 0. The van der Waals surface area contributed by atoms with Crippen molar-refractivity contribution in [3.63, 3.8) is 0 Å². The van der Waals surface area contributed by atoms with Gasteiger partial charge in [0.2, 0.25) is 0 Å². The molecular weight excluding hydrogens is 336 g/mol. The fourth-order valence-corrected chi connectivity index (χ4v) is 2.50. The molecule has 0 saturated carbocycles. The third kappa shape index (κ3) is 3.46. The normalized spacial score (nSPS) is 10.9. The summed E-state index contributed by atoms with van der Waals surface area (Å²) in [5.74, 6) is -0.884. The highest BCUT2D eigenvalue weighted by atomic mass is 16.6. The van der Waals surface area contributed by atoms with Crippen molar-refractivity contribution in [2.75, 3.05) is 0 Å². The van der Waals surface area contributed by atoms with E-state index in [2.05, 4.69) is 0 Å². The van der Waals surface area contributed by atoms with E-state index in [0.29, 0.717) is 11.4 Å². The molecule has 2 N–H and O–H groups in total. The van der Waals surface area contributed by atoms with Crippen LogP contribution >= 0.6 is 0 Å². The first-order chi connectivity index (χ1) is 12.5. The van der Waals surface area contributed by atoms with Crippen LogP contribution in [0.2, 0.25) is 0 Å². The number of hydrogen-bond acceptors (Lipinski definition) is 5. The van der Waals surface area contributed by atoms with E-state index in [0.717, 1.165) is 6.07 Å². The van der Waals surface area contributed by atoms with E-state index in [4.69, 9.17) is 0 Å². The van der Waals surface area contributed by atoms with Crippen molar-refractivity contribution in [2.45, 2.75) is 0 Å².